The Labute approximate surface area is 120 Å². The minimum Gasteiger partial charge on any atom is -0.394 e. The molecule has 0 radical (unpaired) electrons. The number of ether oxygens (including phenoxy) is 1. The number of nitrogens with one attached hydrogen (secondary N) is 2. The van der Waals surface area contributed by atoms with Crippen molar-refractivity contribution in [2.75, 3.05) is 6.61 Å². The van der Waals surface area contributed by atoms with Crippen molar-refractivity contribution in [1.29, 1.82) is 0 Å². The third-order valence-corrected chi connectivity index (χ3v) is 3.55. The summed E-state index contributed by atoms with van der Waals surface area (Å²) in [5.74, 6) is 0. The minimum absolute atomic E-state index is 0.134. The molecule has 22 heavy (non-hydrogen) atoms. The summed E-state index contributed by atoms with van der Waals surface area (Å²) in [4.78, 5) is 26.1. The van der Waals surface area contributed by atoms with Crippen molar-refractivity contribution < 1.29 is 25.2 Å². The standard InChI is InChI=1S/C10H13N5O7/c16-1-2-4(17)5(18)6(19)9(22-2)15-3-7(11-10(15)21)12-14-13-8(3)20/h2,4-6,9,16-19H,1H2,(H2,11,12,13,20,21). The van der Waals surface area contributed by atoms with Gasteiger partial charge in [-0.3, -0.25) is 14.3 Å². The van der Waals surface area contributed by atoms with E-state index in [4.69, 9.17) is 9.84 Å². The van der Waals surface area contributed by atoms with Gasteiger partial charge >= 0.3 is 5.69 Å². The second-order valence-corrected chi connectivity index (χ2v) is 4.86. The number of aromatic nitrogens is 5. The highest BCUT2D eigenvalue weighted by atomic mass is 16.6. The van der Waals surface area contributed by atoms with Crippen molar-refractivity contribution >= 4 is 11.2 Å². The summed E-state index contributed by atoms with van der Waals surface area (Å²) in [5.41, 5.74) is -1.97. The van der Waals surface area contributed by atoms with Gasteiger partial charge in [-0.2, -0.15) is 0 Å². The monoisotopic (exact) mass is 315 g/mol. The van der Waals surface area contributed by atoms with Gasteiger partial charge in [-0.1, -0.05) is 5.21 Å². The van der Waals surface area contributed by atoms with Gasteiger partial charge in [0.1, 0.15) is 24.4 Å². The summed E-state index contributed by atoms with van der Waals surface area (Å²) in [7, 11) is 0. The van der Waals surface area contributed by atoms with Crippen LogP contribution in [0.3, 0.4) is 0 Å². The smallest absolute Gasteiger partial charge is 0.330 e. The van der Waals surface area contributed by atoms with Crippen LogP contribution in [0, 0.1) is 0 Å². The highest BCUT2D eigenvalue weighted by molar-refractivity contribution is 5.68. The van der Waals surface area contributed by atoms with E-state index in [-0.39, 0.29) is 11.2 Å². The van der Waals surface area contributed by atoms with Crippen LogP contribution < -0.4 is 11.2 Å². The summed E-state index contributed by atoms with van der Waals surface area (Å²) < 4.78 is 6.01. The Hall–Kier alpha value is -2.12. The second-order valence-electron chi connectivity index (χ2n) is 4.86. The Bertz CT molecular complexity index is 795. The van der Waals surface area contributed by atoms with Crippen LogP contribution in [0.25, 0.3) is 11.2 Å². The van der Waals surface area contributed by atoms with Gasteiger partial charge in [0.2, 0.25) is 0 Å². The molecule has 0 amide bonds. The van der Waals surface area contributed by atoms with Crippen molar-refractivity contribution in [3.63, 3.8) is 0 Å². The SMILES string of the molecule is O=c1[nH]nnc2[nH]c(=O)n(C3OC(CO)C(O)C(O)C3O)c12. The highest BCUT2D eigenvalue weighted by Gasteiger charge is 2.45. The Balaban J connectivity index is 2.16. The number of nitrogens with zero attached hydrogens (tertiary/aromatic N) is 3. The van der Waals surface area contributed by atoms with E-state index >= 15 is 0 Å². The van der Waals surface area contributed by atoms with E-state index in [2.05, 4.69) is 15.3 Å². The topological polar surface area (TPSA) is 187 Å². The van der Waals surface area contributed by atoms with E-state index in [0.29, 0.717) is 0 Å². The number of hydrogen-bond acceptors (Lipinski definition) is 9. The predicted octanol–water partition coefficient (Wildman–Crippen LogP) is -4.22. The Kier molecular flexibility index (Phi) is 3.54. The first kappa shape index (κ1) is 14.8. The van der Waals surface area contributed by atoms with Crippen molar-refractivity contribution in [3.05, 3.63) is 20.8 Å². The second kappa shape index (κ2) is 5.26. The fraction of sp³-hybridized carbons (Fsp3) is 0.600. The molecule has 0 spiro atoms. The molecule has 120 valence electrons. The number of fused-ring (bicyclic) bond motifs is 1. The van der Waals surface area contributed by atoms with Crippen LogP contribution >= 0.6 is 0 Å². The number of rotatable bonds is 2. The molecule has 12 nitrogen and oxygen atoms in total. The fourth-order valence-electron chi connectivity index (χ4n) is 2.44. The average Bonchev–Trinajstić information content (AvgIpc) is 2.83. The number of aliphatic hydroxyl groups is 4. The Morgan fingerprint density at radius 3 is 2.59 bits per heavy atom. The lowest BCUT2D eigenvalue weighted by atomic mass is 9.98. The lowest BCUT2D eigenvalue weighted by Crippen LogP contribution is -2.57. The fourth-order valence-corrected chi connectivity index (χ4v) is 2.44. The molecule has 0 aliphatic carbocycles. The molecule has 1 fully saturated rings. The summed E-state index contributed by atoms with van der Waals surface area (Å²) in [6.45, 7) is -0.658. The predicted molar refractivity (Wildman–Crippen MR) is 67.8 cm³/mol. The van der Waals surface area contributed by atoms with Gasteiger partial charge in [0, 0.05) is 0 Å². The van der Waals surface area contributed by atoms with Crippen molar-refractivity contribution in [2.24, 2.45) is 0 Å². The van der Waals surface area contributed by atoms with Crippen LogP contribution in [-0.4, -0.2) is 76.4 Å². The molecule has 0 aromatic carbocycles. The van der Waals surface area contributed by atoms with E-state index in [1.54, 1.807) is 0 Å². The molecule has 2 aromatic heterocycles. The average molecular weight is 315 g/mol. The zero-order chi connectivity index (χ0) is 16.0. The highest BCUT2D eigenvalue weighted by Crippen LogP contribution is 2.28. The molecule has 1 aliphatic rings. The lowest BCUT2D eigenvalue weighted by molar-refractivity contribution is -0.251. The maximum atomic E-state index is 12.0. The van der Waals surface area contributed by atoms with Gasteiger partial charge < -0.3 is 25.2 Å². The number of hydrogen-bond donors (Lipinski definition) is 6. The number of H-pyrrole nitrogens is 2. The normalized spacial score (nSPS) is 32.5. The first-order valence-electron chi connectivity index (χ1n) is 6.31. The Morgan fingerprint density at radius 1 is 1.18 bits per heavy atom. The van der Waals surface area contributed by atoms with Gasteiger partial charge in [0.05, 0.1) is 6.61 Å². The summed E-state index contributed by atoms with van der Waals surface area (Å²) in [5, 5.41) is 47.5. The van der Waals surface area contributed by atoms with E-state index in [1.165, 1.54) is 0 Å². The van der Waals surface area contributed by atoms with Crippen LogP contribution in [0.4, 0.5) is 0 Å². The van der Waals surface area contributed by atoms with Gasteiger partial charge in [-0.25, -0.2) is 9.89 Å². The van der Waals surface area contributed by atoms with Crippen LogP contribution in [0.5, 0.6) is 0 Å². The van der Waals surface area contributed by atoms with Gasteiger partial charge in [-0.05, 0) is 0 Å². The Morgan fingerprint density at radius 2 is 1.91 bits per heavy atom. The van der Waals surface area contributed by atoms with Crippen LogP contribution in [-0.2, 0) is 4.74 Å². The molecule has 1 saturated heterocycles. The third kappa shape index (κ3) is 2.05. The number of imidazole rings is 1. The number of aliphatic hydroxyl groups excluding tert-OH is 4. The maximum Gasteiger partial charge on any atom is 0.330 e. The molecule has 3 heterocycles. The van der Waals surface area contributed by atoms with Crippen LogP contribution in [0.15, 0.2) is 9.59 Å². The van der Waals surface area contributed by atoms with Crippen molar-refractivity contribution in [1.82, 2.24) is 25.0 Å². The largest absolute Gasteiger partial charge is 0.394 e. The van der Waals surface area contributed by atoms with Crippen LogP contribution in [0.1, 0.15) is 6.23 Å². The zero-order valence-corrected chi connectivity index (χ0v) is 10.9. The molecular weight excluding hydrogens is 302 g/mol. The van der Waals surface area contributed by atoms with Gasteiger partial charge in [0.25, 0.3) is 5.56 Å². The lowest BCUT2D eigenvalue weighted by Gasteiger charge is -2.40. The first-order valence-corrected chi connectivity index (χ1v) is 6.31. The molecule has 6 N–H and O–H groups in total. The molecule has 0 bridgehead atoms. The molecule has 2 aromatic rings. The van der Waals surface area contributed by atoms with E-state index in [1.807, 2.05) is 5.10 Å². The van der Waals surface area contributed by atoms with E-state index < -0.39 is 48.5 Å². The minimum atomic E-state index is -1.71. The quantitative estimate of drug-likeness (QED) is 0.319. The maximum absolute atomic E-state index is 12.0. The summed E-state index contributed by atoms with van der Waals surface area (Å²) in [6, 6.07) is 0. The molecule has 1 aliphatic heterocycles. The van der Waals surface area contributed by atoms with Crippen LogP contribution in [0.2, 0.25) is 0 Å². The first-order chi connectivity index (χ1) is 10.5. The van der Waals surface area contributed by atoms with E-state index in [9.17, 15) is 24.9 Å². The molecule has 12 heteroatoms. The number of aromatic amines is 2. The van der Waals surface area contributed by atoms with Gasteiger partial charge in [-0.15, -0.1) is 5.10 Å². The zero-order valence-electron chi connectivity index (χ0n) is 10.9. The third-order valence-electron chi connectivity index (χ3n) is 3.55. The van der Waals surface area contributed by atoms with Crippen molar-refractivity contribution in [3.8, 4) is 0 Å². The molecule has 0 saturated carbocycles. The van der Waals surface area contributed by atoms with Crippen molar-refractivity contribution in [2.45, 2.75) is 30.6 Å². The van der Waals surface area contributed by atoms with Gasteiger partial charge in [0.15, 0.2) is 17.4 Å². The van der Waals surface area contributed by atoms with E-state index in [0.717, 1.165) is 4.57 Å². The summed E-state index contributed by atoms with van der Waals surface area (Å²) >= 11 is 0. The molecule has 3 rings (SSSR count). The molecule has 5 unspecified atom stereocenters. The molecular formula is C10H13N5O7. The summed E-state index contributed by atoms with van der Waals surface area (Å²) in [6.07, 6.45) is -7.67. The molecule has 5 atom stereocenters.